The second-order valence-corrected chi connectivity index (χ2v) is 5.32. The first-order valence-corrected chi connectivity index (χ1v) is 7.20. The Hall–Kier alpha value is -1.92. The summed E-state index contributed by atoms with van der Waals surface area (Å²) in [6.07, 6.45) is 0.139. The third-order valence-corrected chi connectivity index (χ3v) is 3.66. The average Bonchev–Trinajstić information content (AvgIpc) is 2.49. The van der Waals surface area contributed by atoms with Crippen molar-refractivity contribution in [3.63, 3.8) is 0 Å². The van der Waals surface area contributed by atoms with Crippen LogP contribution in [0.2, 0.25) is 0 Å². The van der Waals surface area contributed by atoms with Crippen LogP contribution < -0.4 is 4.74 Å². The first kappa shape index (κ1) is 15.5. The van der Waals surface area contributed by atoms with Gasteiger partial charge in [-0.3, -0.25) is 10.1 Å². The van der Waals surface area contributed by atoms with Crippen molar-refractivity contribution in [2.45, 2.75) is 19.4 Å². The number of halogens is 1. The zero-order chi connectivity index (χ0) is 15.4. The van der Waals surface area contributed by atoms with Gasteiger partial charge in [-0.1, -0.05) is 19.1 Å². The van der Waals surface area contributed by atoms with Gasteiger partial charge in [0.15, 0.2) is 0 Å². The molecule has 0 aliphatic heterocycles. The highest BCUT2D eigenvalue weighted by Gasteiger charge is 2.11. The molecular weight excluding hydrogens is 338 g/mol. The highest BCUT2D eigenvalue weighted by atomic mass is 79.9. The average molecular weight is 352 g/mol. The number of rotatable bonds is 5. The summed E-state index contributed by atoms with van der Waals surface area (Å²) in [6, 6.07) is 11.3. The Morgan fingerprint density at radius 2 is 1.95 bits per heavy atom. The predicted octanol–water partition coefficient (Wildman–Crippen LogP) is 4.59. The second kappa shape index (κ2) is 6.69. The van der Waals surface area contributed by atoms with Crippen LogP contribution >= 0.6 is 15.9 Å². The van der Waals surface area contributed by atoms with E-state index in [1.54, 1.807) is 30.3 Å². The molecule has 0 spiro atoms. The largest absolute Gasteiger partial charge is 0.456 e. The smallest absolute Gasteiger partial charge is 0.273 e. The number of nitrogens with zero attached hydrogens (tertiary/aromatic N) is 1. The molecule has 2 aromatic carbocycles. The summed E-state index contributed by atoms with van der Waals surface area (Å²) in [5.74, 6) is 0.913. The minimum atomic E-state index is -0.497. The summed E-state index contributed by atoms with van der Waals surface area (Å²) in [5, 5.41) is 20.5. The van der Waals surface area contributed by atoms with Crippen LogP contribution in [0.15, 0.2) is 46.9 Å². The maximum Gasteiger partial charge on any atom is 0.273 e. The number of aliphatic hydroxyl groups excluding tert-OH is 1. The van der Waals surface area contributed by atoms with E-state index in [1.165, 1.54) is 12.1 Å². The number of nitro groups is 1. The predicted molar refractivity (Wildman–Crippen MR) is 82.6 cm³/mol. The van der Waals surface area contributed by atoms with Crippen LogP contribution in [-0.2, 0) is 0 Å². The summed E-state index contributed by atoms with van der Waals surface area (Å²) in [7, 11) is 0. The van der Waals surface area contributed by atoms with Crippen molar-refractivity contribution in [2.75, 3.05) is 0 Å². The zero-order valence-electron chi connectivity index (χ0n) is 11.3. The van der Waals surface area contributed by atoms with Gasteiger partial charge >= 0.3 is 0 Å². The van der Waals surface area contributed by atoms with E-state index in [0.717, 1.165) is 5.56 Å². The van der Waals surface area contributed by atoms with E-state index in [4.69, 9.17) is 4.74 Å². The molecule has 0 aromatic heterocycles. The molecule has 0 aliphatic rings. The van der Waals surface area contributed by atoms with Crippen LogP contribution in [0.4, 0.5) is 5.69 Å². The van der Waals surface area contributed by atoms with Gasteiger partial charge in [-0.05, 0) is 46.1 Å². The van der Waals surface area contributed by atoms with Crippen LogP contribution in [0.25, 0.3) is 0 Å². The molecule has 0 aliphatic carbocycles. The fourth-order valence-corrected chi connectivity index (χ4v) is 2.13. The van der Waals surface area contributed by atoms with Gasteiger partial charge in [0.25, 0.3) is 5.69 Å². The Kier molecular flexibility index (Phi) is 4.93. The molecule has 110 valence electrons. The Labute approximate surface area is 130 Å². The molecule has 0 saturated heterocycles. The topological polar surface area (TPSA) is 72.6 Å². The van der Waals surface area contributed by atoms with Gasteiger partial charge in [0.2, 0.25) is 0 Å². The monoisotopic (exact) mass is 351 g/mol. The van der Waals surface area contributed by atoms with Crippen molar-refractivity contribution >= 4 is 21.6 Å². The third kappa shape index (κ3) is 3.80. The summed E-state index contributed by atoms with van der Waals surface area (Å²) in [4.78, 5) is 10.3. The Morgan fingerprint density at radius 3 is 2.52 bits per heavy atom. The normalized spacial score (nSPS) is 12.0. The molecule has 1 N–H and O–H groups in total. The van der Waals surface area contributed by atoms with Gasteiger partial charge in [0.05, 0.1) is 21.6 Å². The summed E-state index contributed by atoms with van der Waals surface area (Å²) < 4.78 is 6.27. The maximum atomic E-state index is 10.8. The molecule has 0 saturated carbocycles. The van der Waals surface area contributed by atoms with E-state index in [1.807, 2.05) is 6.92 Å². The second-order valence-electron chi connectivity index (χ2n) is 4.47. The molecule has 0 bridgehead atoms. The van der Waals surface area contributed by atoms with E-state index in [-0.39, 0.29) is 5.69 Å². The van der Waals surface area contributed by atoms with Crippen LogP contribution in [0.1, 0.15) is 25.0 Å². The lowest BCUT2D eigenvalue weighted by atomic mass is 10.1. The molecule has 2 aromatic rings. The Balaban J connectivity index is 2.22. The quantitative estimate of drug-likeness (QED) is 0.631. The van der Waals surface area contributed by atoms with Crippen molar-refractivity contribution in [3.05, 3.63) is 62.6 Å². The molecule has 5 nitrogen and oxygen atoms in total. The van der Waals surface area contributed by atoms with Crippen molar-refractivity contribution in [1.82, 2.24) is 0 Å². The van der Waals surface area contributed by atoms with Gasteiger partial charge in [-0.25, -0.2) is 0 Å². The Morgan fingerprint density at radius 1 is 1.29 bits per heavy atom. The molecular formula is C15H14BrNO4. The lowest BCUT2D eigenvalue weighted by Gasteiger charge is -2.10. The summed E-state index contributed by atoms with van der Waals surface area (Å²) >= 11 is 3.30. The lowest BCUT2D eigenvalue weighted by molar-refractivity contribution is -0.384. The number of non-ortho nitro benzene ring substituents is 1. The highest BCUT2D eigenvalue weighted by Crippen LogP contribution is 2.33. The first-order valence-electron chi connectivity index (χ1n) is 6.41. The van der Waals surface area contributed by atoms with Crippen LogP contribution in [0.5, 0.6) is 11.5 Å². The number of nitro benzene ring substituents is 1. The minimum absolute atomic E-state index is 0.0359. The number of ether oxygens (including phenoxy) is 1. The maximum absolute atomic E-state index is 10.8. The van der Waals surface area contributed by atoms with Crippen molar-refractivity contribution in [3.8, 4) is 11.5 Å². The minimum Gasteiger partial charge on any atom is -0.456 e. The van der Waals surface area contributed by atoms with Gasteiger partial charge in [-0.2, -0.15) is 0 Å². The van der Waals surface area contributed by atoms with Crippen molar-refractivity contribution in [1.29, 1.82) is 0 Å². The van der Waals surface area contributed by atoms with Gasteiger partial charge in [0.1, 0.15) is 11.5 Å². The van der Waals surface area contributed by atoms with Gasteiger partial charge in [0, 0.05) is 6.07 Å². The van der Waals surface area contributed by atoms with E-state index in [2.05, 4.69) is 15.9 Å². The standard InChI is InChI=1S/C15H14BrNO4/c1-2-14(18)10-3-6-12(7-4-10)21-15-9-11(17(19)20)5-8-13(15)16/h3-9,14,18H,2H2,1H3/t14-/m0/s1. The molecule has 6 heteroatoms. The van der Waals surface area contributed by atoms with E-state index in [0.29, 0.717) is 22.4 Å². The molecule has 0 radical (unpaired) electrons. The van der Waals surface area contributed by atoms with Crippen LogP contribution in [0.3, 0.4) is 0 Å². The molecule has 2 rings (SSSR count). The molecule has 0 unspecified atom stereocenters. The number of hydrogen-bond donors (Lipinski definition) is 1. The summed E-state index contributed by atoms with van der Waals surface area (Å²) in [5.41, 5.74) is 0.772. The van der Waals surface area contributed by atoms with E-state index in [9.17, 15) is 15.2 Å². The fourth-order valence-electron chi connectivity index (χ4n) is 1.80. The van der Waals surface area contributed by atoms with Crippen molar-refractivity contribution in [2.24, 2.45) is 0 Å². The molecule has 0 amide bonds. The summed E-state index contributed by atoms with van der Waals surface area (Å²) in [6.45, 7) is 1.90. The SMILES string of the molecule is CC[C@H](O)c1ccc(Oc2cc([N+](=O)[O-])ccc2Br)cc1. The zero-order valence-corrected chi connectivity index (χ0v) is 12.9. The number of hydrogen-bond acceptors (Lipinski definition) is 4. The van der Waals surface area contributed by atoms with E-state index >= 15 is 0 Å². The van der Waals surface area contributed by atoms with Crippen molar-refractivity contribution < 1.29 is 14.8 Å². The molecule has 1 atom stereocenters. The van der Waals surface area contributed by atoms with Gasteiger partial charge in [-0.15, -0.1) is 0 Å². The number of benzene rings is 2. The third-order valence-electron chi connectivity index (χ3n) is 3.00. The fraction of sp³-hybridized carbons (Fsp3) is 0.200. The highest BCUT2D eigenvalue weighted by molar-refractivity contribution is 9.10. The Bertz CT molecular complexity index is 643. The van der Waals surface area contributed by atoms with Crippen LogP contribution in [0, 0.1) is 10.1 Å². The molecule has 21 heavy (non-hydrogen) atoms. The van der Waals surface area contributed by atoms with Crippen LogP contribution in [-0.4, -0.2) is 10.0 Å². The van der Waals surface area contributed by atoms with E-state index < -0.39 is 11.0 Å². The first-order chi connectivity index (χ1) is 10.0. The molecule has 0 heterocycles. The lowest BCUT2D eigenvalue weighted by Crippen LogP contribution is -1.95. The van der Waals surface area contributed by atoms with Gasteiger partial charge < -0.3 is 9.84 Å². The number of aliphatic hydroxyl groups is 1. The molecule has 0 fully saturated rings.